The first-order valence-corrected chi connectivity index (χ1v) is 12.2. The number of nitrogens with zero attached hydrogens (tertiary/aromatic N) is 3. The highest BCUT2D eigenvalue weighted by molar-refractivity contribution is 5.86. The third-order valence-corrected chi connectivity index (χ3v) is 7.15. The quantitative estimate of drug-likeness (QED) is 0.534. The van der Waals surface area contributed by atoms with Gasteiger partial charge in [0.05, 0.1) is 18.6 Å². The first-order valence-electron chi connectivity index (χ1n) is 12.2. The van der Waals surface area contributed by atoms with Gasteiger partial charge in [-0.3, -0.25) is 14.5 Å². The van der Waals surface area contributed by atoms with E-state index in [4.69, 9.17) is 0 Å². The number of amides is 2. The van der Waals surface area contributed by atoms with Crippen molar-refractivity contribution in [3.63, 3.8) is 0 Å². The maximum atomic E-state index is 13.4. The maximum absolute atomic E-state index is 13.4. The molecule has 2 aliphatic heterocycles. The van der Waals surface area contributed by atoms with Gasteiger partial charge in [0.25, 0.3) is 0 Å². The minimum atomic E-state index is -0.607. The molecule has 174 valence electrons. The molecule has 5 rings (SSSR count). The number of likely N-dealkylation sites (tertiary alicyclic amines) is 1. The largest absolute Gasteiger partial charge is 0.341 e. The van der Waals surface area contributed by atoms with E-state index in [-0.39, 0.29) is 24.9 Å². The van der Waals surface area contributed by atoms with Gasteiger partial charge in [-0.15, -0.1) is 0 Å². The molecule has 2 amide bonds. The van der Waals surface area contributed by atoms with Crippen LogP contribution in [-0.2, 0) is 15.1 Å². The Bertz CT molecular complexity index is 1020. The molecule has 5 nitrogen and oxygen atoms in total. The summed E-state index contributed by atoms with van der Waals surface area (Å²) >= 11 is 0. The van der Waals surface area contributed by atoms with Crippen molar-refractivity contribution in [2.75, 3.05) is 39.3 Å². The maximum Gasteiger partial charge on any atom is 0.242 e. The predicted octanol–water partition coefficient (Wildman–Crippen LogP) is 3.75. The van der Waals surface area contributed by atoms with E-state index in [1.807, 2.05) is 23.1 Å². The van der Waals surface area contributed by atoms with Crippen molar-refractivity contribution >= 4 is 11.8 Å². The third kappa shape index (κ3) is 4.12. The smallest absolute Gasteiger partial charge is 0.242 e. The molecule has 0 aliphatic carbocycles. The molecule has 2 saturated heterocycles. The fraction of sp³-hybridized carbons (Fsp3) is 0.310. The third-order valence-electron chi connectivity index (χ3n) is 7.15. The topological polar surface area (TPSA) is 43.9 Å². The highest BCUT2D eigenvalue weighted by atomic mass is 16.2. The molecular weight excluding hydrogens is 422 g/mol. The van der Waals surface area contributed by atoms with E-state index in [9.17, 15) is 9.59 Å². The van der Waals surface area contributed by atoms with Crippen LogP contribution < -0.4 is 0 Å². The number of benzene rings is 3. The van der Waals surface area contributed by atoms with Crippen LogP contribution in [0, 0.1) is 0 Å². The van der Waals surface area contributed by atoms with E-state index in [2.05, 4.69) is 77.7 Å². The number of piperazine rings is 1. The van der Waals surface area contributed by atoms with Crippen LogP contribution in [-0.4, -0.2) is 65.8 Å². The average Bonchev–Trinajstić information content (AvgIpc) is 3.44. The van der Waals surface area contributed by atoms with Crippen molar-refractivity contribution < 1.29 is 9.59 Å². The predicted molar refractivity (Wildman–Crippen MR) is 133 cm³/mol. The monoisotopic (exact) mass is 453 g/mol. The fourth-order valence-electron chi connectivity index (χ4n) is 5.48. The van der Waals surface area contributed by atoms with Gasteiger partial charge in [0.1, 0.15) is 0 Å². The van der Waals surface area contributed by atoms with Gasteiger partial charge in [-0.25, -0.2) is 0 Å². The highest BCUT2D eigenvalue weighted by Gasteiger charge is 2.45. The second-order valence-electron chi connectivity index (χ2n) is 9.13. The van der Waals surface area contributed by atoms with Crippen LogP contribution in [0.15, 0.2) is 91.0 Å². The summed E-state index contributed by atoms with van der Waals surface area (Å²) in [4.78, 5) is 32.0. The lowest BCUT2D eigenvalue weighted by Gasteiger charge is -2.48. The second-order valence-corrected chi connectivity index (χ2v) is 9.13. The van der Waals surface area contributed by atoms with Crippen LogP contribution >= 0.6 is 0 Å². The summed E-state index contributed by atoms with van der Waals surface area (Å²) < 4.78 is 0. The average molecular weight is 454 g/mol. The van der Waals surface area contributed by atoms with Gasteiger partial charge in [0.15, 0.2) is 0 Å². The lowest BCUT2D eigenvalue weighted by atomic mass is 9.75. The summed E-state index contributed by atoms with van der Waals surface area (Å²) in [7, 11) is 0. The standard InChI is InChI=1S/C29H31N3O2/c33-27(30-18-10-11-19-30)22-31-20-21-32(23-28(31)34)29(24-12-4-1-5-13-24,25-14-6-2-7-15-25)26-16-8-3-9-17-26/h1-9,12-17H,10-11,18-23H2. The highest BCUT2D eigenvalue weighted by Crippen LogP contribution is 2.42. The zero-order valence-electron chi connectivity index (χ0n) is 19.5. The molecule has 0 atom stereocenters. The molecule has 3 aromatic rings. The first kappa shape index (κ1) is 22.4. The Morgan fingerprint density at radius 1 is 0.676 bits per heavy atom. The van der Waals surface area contributed by atoms with Gasteiger partial charge in [-0.05, 0) is 29.5 Å². The van der Waals surface area contributed by atoms with Crippen molar-refractivity contribution in [1.29, 1.82) is 0 Å². The number of hydrogen-bond acceptors (Lipinski definition) is 3. The van der Waals surface area contributed by atoms with E-state index < -0.39 is 5.54 Å². The molecular formula is C29H31N3O2. The molecule has 2 heterocycles. The Labute approximate surface area is 201 Å². The number of carbonyl (C=O) groups is 2. The molecule has 0 bridgehead atoms. The Kier molecular flexibility index (Phi) is 6.45. The molecule has 2 fully saturated rings. The summed E-state index contributed by atoms with van der Waals surface area (Å²) in [5.74, 6) is 0.0747. The molecule has 0 radical (unpaired) electrons. The number of carbonyl (C=O) groups excluding carboxylic acids is 2. The van der Waals surface area contributed by atoms with E-state index in [1.54, 1.807) is 4.90 Å². The van der Waals surface area contributed by atoms with Crippen molar-refractivity contribution in [3.05, 3.63) is 108 Å². The normalized spacial score (nSPS) is 17.2. The Morgan fingerprint density at radius 3 is 1.59 bits per heavy atom. The van der Waals surface area contributed by atoms with Gasteiger partial charge in [-0.1, -0.05) is 91.0 Å². The first-order chi connectivity index (χ1) is 16.7. The molecule has 0 aromatic heterocycles. The van der Waals surface area contributed by atoms with E-state index in [0.29, 0.717) is 13.1 Å². The lowest BCUT2D eigenvalue weighted by molar-refractivity contribution is -0.144. The van der Waals surface area contributed by atoms with Crippen LogP contribution in [0.25, 0.3) is 0 Å². The molecule has 2 aliphatic rings. The number of rotatable bonds is 6. The van der Waals surface area contributed by atoms with Crippen LogP contribution in [0.2, 0.25) is 0 Å². The summed E-state index contributed by atoms with van der Waals surface area (Å²) in [5, 5.41) is 0. The van der Waals surface area contributed by atoms with Crippen LogP contribution in [0.4, 0.5) is 0 Å². The van der Waals surface area contributed by atoms with E-state index >= 15 is 0 Å². The van der Waals surface area contributed by atoms with Crippen LogP contribution in [0.3, 0.4) is 0 Å². The molecule has 0 spiro atoms. The second kappa shape index (κ2) is 9.82. The molecule has 5 heteroatoms. The van der Waals surface area contributed by atoms with Gasteiger partial charge in [0.2, 0.25) is 11.8 Å². The molecule has 0 saturated carbocycles. The molecule has 34 heavy (non-hydrogen) atoms. The zero-order valence-corrected chi connectivity index (χ0v) is 19.5. The van der Waals surface area contributed by atoms with Crippen molar-refractivity contribution in [2.24, 2.45) is 0 Å². The Balaban J connectivity index is 1.52. The lowest BCUT2D eigenvalue weighted by Crippen LogP contribution is -2.59. The molecule has 0 unspecified atom stereocenters. The van der Waals surface area contributed by atoms with Crippen molar-refractivity contribution in [1.82, 2.24) is 14.7 Å². The minimum absolute atomic E-state index is 0.00552. The van der Waals surface area contributed by atoms with Crippen LogP contribution in [0.5, 0.6) is 0 Å². The SMILES string of the molecule is O=C(CN1CCN(C(c2ccccc2)(c2ccccc2)c2ccccc2)CC1=O)N1CCCC1. The van der Waals surface area contributed by atoms with Crippen LogP contribution in [0.1, 0.15) is 29.5 Å². The summed E-state index contributed by atoms with van der Waals surface area (Å²) in [5.41, 5.74) is 2.77. The van der Waals surface area contributed by atoms with Gasteiger partial charge in [-0.2, -0.15) is 0 Å². The minimum Gasteiger partial charge on any atom is -0.341 e. The number of hydrogen-bond donors (Lipinski definition) is 0. The molecule has 0 N–H and O–H groups in total. The summed E-state index contributed by atoms with van der Waals surface area (Å²) in [6.45, 7) is 3.27. The van der Waals surface area contributed by atoms with E-state index in [1.165, 1.54) is 0 Å². The Hall–Kier alpha value is -3.44. The van der Waals surface area contributed by atoms with Crippen molar-refractivity contribution in [2.45, 2.75) is 18.4 Å². The van der Waals surface area contributed by atoms with Gasteiger partial charge < -0.3 is 9.80 Å². The van der Waals surface area contributed by atoms with Gasteiger partial charge in [0, 0.05) is 26.2 Å². The zero-order chi connectivity index (χ0) is 23.4. The van der Waals surface area contributed by atoms with Gasteiger partial charge >= 0.3 is 0 Å². The summed E-state index contributed by atoms with van der Waals surface area (Å²) in [6.07, 6.45) is 2.11. The molecule has 3 aromatic carbocycles. The van der Waals surface area contributed by atoms with E-state index in [0.717, 1.165) is 42.6 Å². The Morgan fingerprint density at radius 2 is 1.15 bits per heavy atom. The van der Waals surface area contributed by atoms with Crippen molar-refractivity contribution in [3.8, 4) is 0 Å². The fourth-order valence-corrected chi connectivity index (χ4v) is 5.48. The summed E-state index contributed by atoms with van der Waals surface area (Å²) in [6, 6.07) is 31.3.